The van der Waals surface area contributed by atoms with Crippen LogP contribution >= 0.6 is 12.2 Å². The molecule has 0 saturated heterocycles. The van der Waals surface area contributed by atoms with E-state index in [9.17, 15) is 4.39 Å². The Kier molecular flexibility index (Phi) is 2.91. The van der Waals surface area contributed by atoms with Gasteiger partial charge < -0.3 is 9.55 Å². The molecule has 0 amide bonds. The molecule has 1 unspecified atom stereocenters. The summed E-state index contributed by atoms with van der Waals surface area (Å²) >= 11 is 5.35. The molecule has 0 aliphatic rings. The number of benzene rings is 1. The molecule has 2 heterocycles. The first kappa shape index (κ1) is 12.0. The predicted molar refractivity (Wildman–Crippen MR) is 75.1 cm³/mol. The van der Waals surface area contributed by atoms with Crippen molar-refractivity contribution < 1.29 is 4.39 Å². The third-order valence-corrected chi connectivity index (χ3v) is 3.54. The molecule has 0 spiro atoms. The summed E-state index contributed by atoms with van der Waals surface area (Å²) in [7, 11) is 0. The number of halogens is 1. The van der Waals surface area contributed by atoms with Crippen molar-refractivity contribution in [2.75, 3.05) is 0 Å². The Morgan fingerprint density at radius 1 is 1.37 bits per heavy atom. The SMILES string of the molecule is CC(c1cccc(F)c1)n1c(=S)[nH]c2cnccc21. The standard InChI is InChI=1S/C14H12FN3S/c1-9(10-3-2-4-11(15)7-10)18-13-5-6-16-8-12(13)17-14(18)19/h2-9H,1H3,(H,17,19). The summed E-state index contributed by atoms with van der Waals surface area (Å²) in [5.41, 5.74) is 2.74. The molecule has 3 rings (SSSR count). The number of hydrogen-bond acceptors (Lipinski definition) is 2. The number of aromatic nitrogens is 3. The Morgan fingerprint density at radius 3 is 3.00 bits per heavy atom. The van der Waals surface area contributed by atoms with Crippen LogP contribution in [-0.2, 0) is 0 Å². The number of fused-ring (bicyclic) bond motifs is 1. The molecule has 3 nitrogen and oxygen atoms in total. The van der Waals surface area contributed by atoms with E-state index in [1.165, 1.54) is 12.1 Å². The third kappa shape index (κ3) is 2.06. The van der Waals surface area contributed by atoms with E-state index in [4.69, 9.17) is 12.2 Å². The topological polar surface area (TPSA) is 33.6 Å². The zero-order valence-electron chi connectivity index (χ0n) is 10.3. The molecule has 0 aliphatic carbocycles. The molecule has 1 atom stereocenters. The zero-order valence-corrected chi connectivity index (χ0v) is 11.1. The van der Waals surface area contributed by atoms with Crippen LogP contribution < -0.4 is 0 Å². The van der Waals surface area contributed by atoms with Crippen molar-refractivity contribution in [3.05, 3.63) is 58.9 Å². The number of H-pyrrole nitrogens is 1. The van der Waals surface area contributed by atoms with E-state index >= 15 is 0 Å². The summed E-state index contributed by atoms with van der Waals surface area (Å²) in [6, 6.07) is 8.44. The maximum atomic E-state index is 13.3. The average Bonchev–Trinajstić information content (AvgIpc) is 2.74. The number of nitrogens with one attached hydrogen (secondary N) is 1. The van der Waals surface area contributed by atoms with E-state index in [0.717, 1.165) is 16.6 Å². The summed E-state index contributed by atoms with van der Waals surface area (Å²) in [5.74, 6) is -0.239. The van der Waals surface area contributed by atoms with Crippen LogP contribution in [0.1, 0.15) is 18.5 Å². The zero-order chi connectivity index (χ0) is 13.4. The highest BCUT2D eigenvalue weighted by molar-refractivity contribution is 7.71. The second kappa shape index (κ2) is 4.59. The highest BCUT2D eigenvalue weighted by Crippen LogP contribution is 2.24. The van der Waals surface area contributed by atoms with Crippen molar-refractivity contribution in [3.8, 4) is 0 Å². The van der Waals surface area contributed by atoms with Gasteiger partial charge >= 0.3 is 0 Å². The maximum absolute atomic E-state index is 13.3. The van der Waals surface area contributed by atoms with Gasteiger partial charge in [0, 0.05) is 6.20 Å². The molecular weight excluding hydrogens is 261 g/mol. The van der Waals surface area contributed by atoms with Crippen molar-refractivity contribution in [2.24, 2.45) is 0 Å². The first-order chi connectivity index (χ1) is 9.16. The van der Waals surface area contributed by atoms with Gasteiger partial charge in [0.05, 0.1) is 23.3 Å². The third-order valence-electron chi connectivity index (χ3n) is 3.24. The van der Waals surface area contributed by atoms with Crippen molar-refractivity contribution in [2.45, 2.75) is 13.0 Å². The van der Waals surface area contributed by atoms with Gasteiger partial charge in [-0.25, -0.2) is 4.39 Å². The van der Waals surface area contributed by atoms with Crippen molar-refractivity contribution in [3.63, 3.8) is 0 Å². The number of rotatable bonds is 2. The van der Waals surface area contributed by atoms with E-state index < -0.39 is 0 Å². The fourth-order valence-electron chi connectivity index (χ4n) is 2.28. The van der Waals surface area contributed by atoms with Gasteiger partial charge in [-0.15, -0.1) is 0 Å². The summed E-state index contributed by atoms with van der Waals surface area (Å²) in [5, 5.41) is 0. The molecule has 1 N–H and O–H groups in total. The normalized spacial score (nSPS) is 12.7. The Hall–Kier alpha value is -2.01. The number of aromatic amines is 1. The van der Waals surface area contributed by atoms with Gasteiger partial charge in [0.2, 0.25) is 0 Å². The molecule has 3 aromatic rings. The molecule has 0 saturated carbocycles. The lowest BCUT2D eigenvalue weighted by Crippen LogP contribution is -2.07. The van der Waals surface area contributed by atoms with Gasteiger partial charge in [0.25, 0.3) is 0 Å². The summed E-state index contributed by atoms with van der Waals surface area (Å²) in [6.07, 6.45) is 3.46. The summed E-state index contributed by atoms with van der Waals surface area (Å²) in [4.78, 5) is 7.18. The van der Waals surface area contributed by atoms with Crippen molar-refractivity contribution >= 4 is 23.3 Å². The monoisotopic (exact) mass is 273 g/mol. The van der Waals surface area contributed by atoms with E-state index in [2.05, 4.69) is 9.97 Å². The summed E-state index contributed by atoms with van der Waals surface area (Å²) < 4.78 is 15.9. The highest BCUT2D eigenvalue weighted by Gasteiger charge is 2.13. The first-order valence-corrected chi connectivity index (χ1v) is 6.37. The van der Waals surface area contributed by atoms with Gasteiger partial charge in [0.1, 0.15) is 5.82 Å². The van der Waals surface area contributed by atoms with Gasteiger partial charge in [-0.2, -0.15) is 0 Å². The highest BCUT2D eigenvalue weighted by atomic mass is 32.1. The van der Waals surface area contributed by atoms with Crippen LogP contribution in [0.2, 0.25) is 0 Å². The lowest BCUT2D eigenvalue weighted by Gasteiger charge is -2.15. The largest absolute Gasteiger partial charge is 0.329 e. The van der Waals surface area contributed by atoms with Crippen LogP contribution in [0.4, 0.5) is 4.39 Å². The number of imidazole rings is 1. The Morgan fingerprint density at radius 2 is 2.21 bits per heavy atom. The molecule has 5 heteroatoms. The van der Waals surface area contributed by atoms with Crippen LogP contribution in [0.3, 0.4) is 0 Å². The van der Waals surface area contributed by atoms with Crippen LogP contribution in [0.15, 0.2) is 42.7 Å². The molecule has 96 valence electrons. The Balaban J connectivity index is 2.19. The van der Waals surface area contributed by atoms with E-state index in [-0.39, 0.29) is 11.9 Å². The number of hydrogen-bond donors (Lipinski definition) is 1. The minimum Gasteiger partial charge on any atom is -0.329 e. The smallest absolute Gasteiger partial charge is 0.178 e. The quantitative estimate of drug-likeness (QED) is 0.720. The molecule has 19 heavy (non-hydrogen) atoms. The molecule has 0 bridgehead atoms. The lowest BCUT2D eigenvalue weighted by atomic mass is 10.1. The minimum atomic E-state index is -0.239. The van der Waals surface area contributed by atoms with Crippen LogP contribution in [0.25, 0.3) is 11.0 Å². The lowest BCUT2D eigenvalue weighted by molar-refractivity contribution is 0.608. The first-order valence-electron chi connectivity index (χ1n) is 5.96. The summed E-state index contributed by atoms with van der Waals surface area (Å²) in [6.45, 7) is 2.00. The van der Waals surface area contributed by atoms with Gasteiger partial charge in [-0.1, -0.05) is 12.1 Å². The fraction of sp³-hybridized carbons (Fsp3) is 0.143. The second-order valence-corrected chi connectivity index (χ2v) is 4.81. The van der Waals surface area contributed by atoms with Crippen molar-refractivity contribution in [1.29, 1.82) is 0 Å². The van der Waals surface area contributed by atoms with Crippen molar-refractivity contribution in [1.82, 2.24) is 14.5 Å². The van der Waals surface area contributed by atoms with Crippen LogP contribution in [0, 0.1) is 10.6 Å². The number of nitrogens with zero attached hydrogens (tertiary/aromatic N) is 2. The van der Waals surface area contributed by atoms with Gasteiger partial charge in [-0.3, -0.25) is 4.98 Å². The van der Waals surface area contributed by atoms with E-state index in [1.807, 2.05) is 23.6 Å². The Bertz CT molecular complexity index is 790. The van der Waals surface area contributed by atoms with E-state index in [1.54, 1.807) is 18.5 Å². The Labute approximate surface area is 114 Å². The predicted octanol–water partition coefficient (Wildman–Crippen LogP) is 3.84. The molecule has 0 radical (unpaired) electrons. The average molecular weight is 273 g/mol. The fourth-order valence-corrected chi connectivity index (χ4v) is 2.64. The van der Waals surface area contributed by atoms with Crippen LogP contribution in [0.5, 0.6) is 0 Å². The maximum Gasteiger partial charge on any atom is 0.178 e. The molecule has 0 aliphatic heterocycles. The molecule has 0 fully saturated rings. The number of pyridine rings is 1. The minimum absolute atomic E-state index is 0.0423. The second-order valence-electron chi connectivity index (χ2n) is 4.42. The molecule has 2 aromatic heterocycles. The molecule has 1 aromatic carbocycles. The molecular formula is C14H12FN3S. The van der Waals surface area contributed by atoms with Gasteiger partial charge in [0.15, 0.2) is 4.77 Å². The van der Waals surface area contributed by atoms with E-state index in [0.29, 0.717) is 4.77 Å². The van der Waals surface area contributed by atoms with Gasteiger partial charge in [-0.05, 0) is 42.9 Å². The van der Waals surface area contributed by atoms with Crippen LogP contribution in [-0.4, -0.2) is 14.5 Å².